The van der Waals surface area contributed by atoms with Gasteiger partial charge in [0.05, 0.1) is 0 Å². The highest BCUT2D eigenvalue weighted by Crippen LogP contribution is 2.59. The van der Waals surface area contributed by atoms with E-state index in [0.717, 1.165) is 0 Å². The lowest BCUT2D eigenvalue weighted by Gasteiger charge is -2.17. The van der Waals surface area contributed by atoms with Crippen molar-refractivity contribution in [3.63, 3.8) is 0 Å². The van der Waals surface area contributed by atoms with Crippen LogP contribution in [-0.2, 0) is 4.57 Å². The molecule has 0 aliphatic rings. The Hall–Kier alpha value is 0.810. The predicted molar refractivity (Wildman–Crippen MR) is 43.6 cm³/mol. The van der Waals surface area contributed by atoms with Gasteiger partial charge in [0.2, 0.25) is 0 Å². The first-order valence-electron chi connectivity index (χ1n) is 2.69. The van der Waals surface area contributed by atoms with Crippen molar-refractivity contribution in [1.29, 1.82) is 0 Å². The van der Waals surface area contributed by atoms with E-state index >= 15 is 0 Å². The van der Waals surface area contributed by atoms with Crippen molar-refractivity contribution in [2.45, 2.75) is 20.8 Å². The molecule has 0 aromatic heterocycles. The lowest BCUT2D eigenvalue weighted by Crippen LogP contribution is -2.08. The highest BCUT2D eigenvalue weighted by atomic mass is 35.9. The monoisotopic (exact) mass is 188 g/mol. The molecule has 0 amide bonds. The Morgan fingerprint density at radius 2 is 1.67 bits per heavy atom. The zero-order chi connectivity index (χ0) is 7.71. The molecule has 56 valence electrons. The van der Waals surface area contributed by atoms with E-state index in [1.165, 1.54) is 0 Å². The molecule has 0 N–H and O–H groups in total. The summed E-state index contributed by atoms with van der Waals surface area (Å²) in [4.78, 5) is 0. The van der Waals surface area contributed by atoms with Crippen molar-refractivity contribution in [2.24, 2.45) is 5.41 Å². The standard InChI is InChI=1S/C5H11Cl2OP/c1-5(2,3)4-9(6,7)8/h4H2,1-3H3. The molecule has 0 heterocycles. The molecular formula is C5H11Cl2OP. The van der Waals surface area contributed by atoms with Gasteiger partial charge in [-0.15, -0.1) is 0 Å². The van der Waals surface area contributed by atoms with E-state index in [0.29, 0.717) is 6.16 Å². The molecule has 0 bridgehead atoms. The molecule has 0 aromatic rings. The first kappa shape index (κ1) is 9.81. The number of hydrogen-bond acceptors (Lipinski definition) is 1. The first-order valence-corrected chi connectivity index (χ1v) is 6.39. The van der Waals surface area contributed by atoms with Crippen molar-refractivity contribution in [2.75, 3.05) is 6.16 Å². The molecule has 9 heavy (non-hydrogen) atoms. The fraction of sp³-hybridized carbons (Fsp3) is 1.00. The normalized spacial score (nSPS) is 13.9. The second kappa shape index (κ2) is 2.82. The van der Waals surface area contributed by atoms with Crippen LogP contribution < -0.4 is 0 Å². The van der Waals surface area contributed by atoms with Gasteiger partial charge in [-0.25, -0.2) is 0 Å². The molecule has 4 heteroatoms. The maximum Gasteiger partial charge on any atom is 0.253 e. The van der Waals surface area contributed by atoms with Crippen molar-refractivity contribution in [3.8, 4) is 0 Å². The third-order valence-corrected chi connectivity index (χ3v) is 2.69. The zero-order valence-corrected chi connectivity index (χ0v) is 8.22. The van der Waals surface area contributed by atoms with Gasteiger partial charge in [-0.3, -0.25) is 4.57 Å². The van der Waals surface area contributed by atoms with Crippen LogP contribution in [0.1, 0.15) is 20.8 Å². The van der Waals surface area contributed by atoms with Crippen LogP contribution in [-0.4, -0.2) is 6.16 Å². The summed E-state index contributed by atoms with van der Waals surface area (Å²) in [7, 11) is 0. The summed E-state index contributed by atoms with van der Waals surface area (Å²) in [5, 5.41) is 0. The molecule has 0 spiro atoms. The molecule has 0 unspecified atom stereocenters. The summed E-state index contributed by atoms with van der Waals surface area (Å²) < 4.78 is 10.8. The van der Waals surface area contributed by atoms with Crippen LogP contribution in [0.25, 0.3) is 0 Å². The second-order valence-electron chi connectivity index (χ2n) is 3.29. The van der Waals surface area contributed by atoms with E-state index in [-0.39, 0.29) is 5.41 Å². The topological polar surface area (TPSA) is 17.1 Å². The minimum Gasteiger partial charge on any atom is -0.289 e. The molecule has 0 fully saturated rings. The average Bonchev–Trinajstić information content (AvgIpc) is 1.14. The fourth-order valence-electron chi connectivity index (χ4n) is 0.552. The van der Waals surface area contributed by atoms with E-state index in [1.807, 2.05) is 20.8 Å². The molecule has 0 radical (unpaired) electrons. The van der Waals surface area contributed by atoms with Gasteiger partial charge in [0.1, 0.15) is 0 Å². The summed E-state index contributed by atoms with van der Waals surface area (Å²) in [5.74, 6) is -2.84. The quantitative estimate of drug-likeness (QED) is 0.574. The molecular weight excluding hydrogens is 178 g/mol. The Bertz CT molecular complexity index is 132. The van der Waals surface area contributed by atoms with E-state index in [2.05, 4.69) is 0 Å². The fourth-order valence-corrected chi connectivity index (χ4v) is 3.81. The minimum atomic E-state index is -2.84. The van der Waals surface area contributed by atoms with Crippen LogP contribution in [0.15, 0.2) is 0 Å². The van der Waals surface area contributed by atoms with Gasteiger partial charge in [-0.1, -0.05) is 20.8 Å². The number of rotatable bonds is 1. The van der Waals surface area contributed by atoms with Crippen LogP contribution in [0.2, 0.25) is 0 Å². The Morgan fingerprint density at radius 1 is 1.33 bits per heavy atom. The molecule has 0 saturated carbocycles. The Labute approximate surface area is 65.7 Å². The SMILES string of the molecule is CC(C)(C)CP(=O)(Cl)Cl. The third-order valence-electron chi connectivity index (χ3n) is 0.658. The van der Waals surface area contributed by atoms with Gasteiger partial charge in [0, 0.05) is 6.16 Å². The number of halogens is 2. The first-order chi connectivity index (χ1) is 3.71. The lowest BCUT2D eigenvalue weighted by atomic mass is 10.0. The van der Waals surface area contributed by atoms with E-state index in [4.69, 9.17) is 22.5 Å². The van der Waals surface area contributed by atoms with Crippen molar-refractivity contribution in [3.05, 3.63) is 0 Å². The minimum absolute atomic E-state index is 0.0426. The maximum absolute atomic E-state index is 10.8. The van der Waals surface area contributed by atoms with Gasteiger partial charge in [-0.2, -0.15) is 0 Å². The Balaban J connectivity index is 3.90. The van der Waals surface area contributed by atoms with Gasteiger partial charge in [-0.05, 0) is 27.9 Å². The maximum atomic E-state index is 10.8. The summed E-state index contributed by atoms with van der Waals surface area (Å²) in [6, 6.07) is 0. The lowest BCUT2D eigenvalue weighted by molar-refractivity contribution is 0.468. The highest BCUT2D eigenvalue weighted by molar-refractivity contribution is 8.08. The largest absolute Gasteiger partial charge is 0.289 e. The Morgan fingerprint density at radius 3 is 1.67 bits per heavy atom. The second-order valence-corrected chi connectivity index (χ2v) is 8.54. The average molecular weight is 189 g/mol. The van der Waals surface area contributed by atoms with Gasteiger partial charge in [0.15, 0.2) is 0 Å². The smallest absolute Gasteiger partial charge is 0.253 e. The van der Waals surface area contributed by atoms with E-state index in [1.54, 1.807) is 0 Å². The summed E-state index contributed by atoms with van der Waals surface area (Å²) in [5.41, 5.74) is -0.0426. The third kappa shape index (κ3) is 8.81. The van der Waals surface area contributed by atoms with Crippen LogP contribution >= 0.6 is 28.3 Å². The molecule has 0 aromatic carbocycles. The van der Waals surface area contributed by atoms with E-state index < -0.39 is 5.85 Å². The molecule has 0 aliphatic carbocycles. The van der Waals surface area contributed by atoms with Crippen LogP contribution in [0.5, 0.6) is 0 Å². The van der Waals surface area contributed by atoms with Gasteiger partial charge >= 0.3 is 0 Å². The van der Waals surface area contributed by atoms with Crippen molar-refractivity contribution in [1.82, 2.24) is 0 Å². The van der Waals surface area contributed by atoms with Crippen LogP contribution in [0.4, 0.5) is 0 Å². The molecule has 1 nitrogen and oxygen atoms in total. The van der Waals surface area contributed by atoms with E-state index in [9.17, 15) is 4.57 Å². The summed E-state index contributed by atoms with van der Waals surface area (Å²) in [6.07, 6.45) is 0.378. The summed E-state index contributed by atoms with van der Waals surface area (Å²) in [6.45, 7) is 5.85. The highest BCUT2D eigenvalue weighted by Gasteiger charge is 2.23. The van der Waals surface area contributed by atoms with Crippen LogP contribution in [0.3, 0.4) is 0 Å². The van der Waals surface area contributed by atoms with Gasteiger partial charge < -0.3 is 0 Å². The van der Waals surface area contributed by atoms with Crippen molar-refractivity contribution < 1.29 is 4.57 Å². The Kier molecular flexibility index (Phi) is 3.07. The van der Waals surface area contributed by atoms with Gasteiger partial charge in [0.25, 0.3) is 5.85 Å². The van der Waals surface area contributed by atoms with Crippen molar-refractivity contribution >= 4 is 28.3 Å². The zero-order valence-electron chi connectivity index (χ0n) is 5.82. The summed E-state index contributed by atoms with van der Waals surface area (Å²) >= 11 is 10.7. The molecule has 0 aliphatic heterocycles. The number of hydrogen-bond donors (Lipinski definition) is 0. The molecule has 0 rings (SSSR count). The predicted octanol–water partition coefficient (Wildman–Crippen LogP) is 3.70. The van der Waals surface area contributed by atoms with Crippen LogP contribution in [0, 0.1) is 5.41 Å². The molecule has 0 saturated heterocycles. The molecule has 0 atom stereocenters.